The van der Waals surface area contributed by atoms with Gasteiger partial charge >= 0.3 is 6.18 Å². The molecule has 0 fully saturated rings. The van der Waals surface area contributed by atoms with E-state index in [1.807, 2.05) is 0 Å². The van der Waals surface area contributed by atoms with Gasteiger partial charge in [0.2, 0.25) is 0 Å². The van der Waals surface area contributed by atoms with Crippen molar-refractivity contribution >= 4 is 50.5 Å². The first-order chi connectivity index (χ1) is 15.4. The van der Waals surface area contributed by atoms with E-state index in [9.17, 15) is 26.4 Å². The van der Waals surface area contributed by atoms with Gasteiger partial charge in [0.15, 0.2) is 6.61 Å². The Morgan fingerprint density at radius 2 is 1.52 bits per heavy atom. The summed E-state index contributed by atoms with van der Waals surface area (Å²) in [6.07, 6.45) is -4.48. The summed E-state index contributed by atoms with van der Waals surface area (Å²) in [5.74, 6) is -0.600. The number of benzene rings is 3. The maximum Gasteiger partial charge on any atom is 0.416 e. The van der Waals surface area contributed by atoms with Crippen LogP contribution in [-0.2, 0) is 21.0 Å². The Balaban J connectivity index is 1.60. The summed E-state index contributed by atoms with van der Waals surface area (Å²) in [6.45, 7) is -0.504. The van der Waals surface area contributed by atoms with Crippen LogP contribution in [0.1, 0.15) is 5.56 Å². The molecular formula is C21H15Cl2F3N2O4S. The topological polar surface area (TPSA) is 84.5 Å². The highest BCUT2D eigenvalue weighted by atomic mass is 35.5. The zero-order valence-electron chi connectivity index (χ0n) is 16.5. The Morgan fingerprint density at radius 3 is 2.09 bits per heavy atom. The number of hydrogen-bond donors (Lipinski definition) is 2. The Kier molecular flexibility index (Phi) is 7.41. The third kappa shape index (κ3) is 6.77. The Morgan fingerprint density at radius 1 is 0.909 bits per heavy atom. The molecule has 33 heavy (non-hydrogen) atoms. The number of hydrogen-bond acceptors (Lipinski definition) is 4. The van der Waals surface area contributed by atoms with Crippen molar-refractivity contribution in [2.75, 3.05) is 16.6 Å². The summed E-state index contributed by atoms with van der Waals surface area (Å²) in [7, 11) is -3.94. The number of amides is 1. The van der Waals surface area contributed by atoms with Crippen LogP contribution in [0.3, 0.4) is 0 Å². The quantitative estimate of drug-likeness (QED) is 0.412. The molecule has 1 amide bonds. The van der Waals surface area contributed by atoms with Crippen LogP contribution in [-0.4, -0.2) is 20.9 Å². The molecule has 0 aliphatic carbocycles. The van der Waals surface area contributed by atoms with Crippen LogP contribution in [0.2, 0.25) is 10.0 Å². The minimum atomic E-state index is -4.48. The van der Waals surface area contributed by atoms with Crippen LogP contribution in [0, 0.1) is 0 Å². The van der Waals surface area contributed by atoms with Crippen LogP contribution < -0.4 is 14.8 Å². The van der Waals surface area contributed by atoms with Crippen LogP contribution >= 0.6 is 23.2 Å². The molecule has 0 saturated carbocycles. The summed E-state index contributed by atoms with van der Waals surface area (Å²) in [6, 6.07) is 13.6. The lowest BCUT2D eigenvalue weighted by Gasteiger charge is -2.12. The van der Waals surface area contributed by atoms with E-state index in [0.29, 0.717) is 10.7 Å². The van der Waals surface area contributed by atoms with Crippen LogP contribution in [0.25, 0.3) is 0 Å². The molecule has 6 nitrogen and oxygen atoms in total. The van der Waals surface area contributed by atoms with Crippen molar-refractivity contribution in [3.63, 3.8) is 0 Å². The molecule has 0 saturated heterocycles. The number of sulfonamides is 1. The van der Waals surface area contributed by atoms with Crippen molar-refractivity contribution in [1.29, 1.82) is 0 Å². The van der Waals surface area contributed by atoms with E-state index in [4.69, 9.17) is 27.9 Å². The Hall–Kier alpha value is -2.95. The van der Waals surface area contributed by atoms with Gasteiger partial charge in [0.1, 0.15) is 5.75 Å². The van der Waals surface area contributed by atoms with Gasteiger partial charge in [-0.2, -0.15) is 13.2 Å². The molecule has 0 atom stereocenters. The maximum absolute atomic E-state index is 12.6. The van der Waals surface area contributed by atoms with Crippen LogP contribution in [0.4, 0.5) is 24.5 Å². The molecule has 174 valence electrons. The van der Waals surface area contributed by atoms with E-state index >= 15 is 0 Å². The first-order valence-corrected chi connectivity index (χ1v) is 11.4. The fourth-order valence-corrected chi connectivity index (χ4v) is 4.09. The van der Waals surface area contributed by atoms with E-state index in [-0.39, 0.29) is 21.4 Å². The van der Waals surface area contributed by atoms with Crippen LogP contribution in [0.5, 0.6) is 5.75 Å². The molecule has 0 heterocycles. The minimum absolute atomic E-state index is 0.0460. The zero-order valence-corrected chi connectivity index (χ0v) is 18.8. The molecule has 3 rings (SSSR count). The van der Waals surface area contributed by atoms with E-state index in [1.165, 1.54) is 36.4 Å². The number of ether oxygens (including phenoxy) is 1. The summed E-state index contributed by atoms with van der Waals surface area (Å²) in [4.78, 5) is 11.9. The molecule has 2 N–H and O–H groups in total. The smallest absolute Gasteiger partial charge is 0.416 e. The predicted octanol–water partition coefficient (Wildman–Crippen LogP) is 5.83. The van der Waals surface area contributed by atoms with E-state index in [1.54, 1.807) is 0 Å². The van der Waals surface area contributed by atoms with Gasteiger partial charge in [-0.05, 0) is 66.7 Å². The second-order valence-electron chi connectivity index (χ2n) is 6.62. The lowest BCUT2D eigenvalue weighted by Crippen LogP contribution is -2.20. The molecule has 12 heteroatoms. The molecule has 0 bridgehead atoms. The van der Waals surface area contributed by atoms with Crippen molar-refractivity contribution in [3.05, 3.63) is 82.3 Å². The molecule has 0 aliphatic rings. The van der Waals surface area contributed by atoms with Gasteiger partial charge in [0.05, 0.1) is 15.5 Å². The Labute approximate surface area is 197 Å². The largest absolute Gasteiger partial charge is 0.482 e. The minimum Gasteiger partial charge on any atom is -0.482 e. The number of rotatable bonds is 7. The van der Waals surface area contributed by atoms with Gasteiger partial charge in [-0.3, -0.25) is 9.52 Å². The van der Waals surface area contributed by atoms with Gasteiger partial charge in [-0.1, -0.05) is 23.2 Å². The van der Waals surface area contributed by atoms with Crippen molar-refractivity contribution in [2.24, 2.45) is 0 Å². The standard InChI is InChI=1S/C21H15Cl2F3N2O4S/c22-14-3-7-16(8-4-14)28-33(30,31)17-9-10-19(18(23)11-17)32-12-20(29)27-15-5-1-13(2-6-15)21(24,25)26/h1-11,28H,12H2,(H,27,29). The lowest BCUT2D eigenvalue weighted by molar-refractivity contribution is -0.137. The van der Waals surface area contributed by atoms with Crippen molar-refractivity contribution in [2.45, 2.75) is 11.1 Å². The van der Waals surface area contributed by atoms with E-state index in [0.717, 1.165) is 30.3 Å². The number of alkyl halides is 3. The summed E-state index contributed by atoms with van der Waals surface area (Å²) in [5, 5.41) is 2.78. The van der Waals surface area contributed by atoms with Gasteiger partial charge < -0.3 is 10.1 Å². The third-order valence-electron chi connectivity index (χ3n) is 4.16. The summed E-state index contributed by atoms with van der Waals surface area (Å²) < 4.78 is 70.5. The predicted molar refractivity (Wildman–Crippen MR) is 119 cm³/mol. The molecule has 0 aromatic heterocycles. The monoisotopic (exact) mass is 518 g/mol. The van der Waals surface area contributed by atoms with Gasteiger partial charge in [0, 0.05) is 16.4 Å². The number of carbonyl (C=O) groups excluding carboxylic acids is 1. The summed E-state index contributed by atoms with van der Waals surface area (Å²) in [5.41, 5.74) is -0.391. The zero-order chi connectivity index (χ0) is 24.2. The van der Waals surface area contributed by atoms with E-state index in [2.05, 4.69) is 10.0 Å². The molecule has 3 aromatic carbocycles. The maximum atomic E-state index is 12.6. The van der Waals surface area contributed by atoms with Gasteiger partial charge in [-0.15, -0.1) is 0 Å². The average molecular weight is 519 g/mol. The second kappa shape index (κ2) is 9.90. The molecule has 0 aliphatic heterocycles. The molecule has 0 spiro atoms. The molecule has 0 radical (unpaired) electrons. The van der Waals surface area contributed by atoms with Crippen molar-refractivity contribution in [1.82, 2.24) is 0 Å². The lowest BCUT2D eigenvalue weighted by atomic mass is 10.2. The Bertz CT molecular complexity index is 1250. The third-order valence-corrected chi connectivity index (χ3v) is 6.09. The highest BCUT2D eigenvalue weighted by Gasteiger charge is 2.30. The number of anilines is 2. The average Bonchev–Trinajstić information content (AvgIpc) is 2.74. The van der Waals surface area contributed by atoms with Gasteiger partial charge in [-0.25, -0.2) is 8.42 Å². The first kappa shape index (κ1) is 24.7. The van der Waals surface area contributed by atoms with Crippen molar-refractivity contribution < 1.29 is 31.1 Å². The SMILES string of the molecule is O=C(COc1ccc(S(=O)(=O)Nc2ccc(Cl)cc2)cc1Cl)Nc1ccc(C(F)(F)F)cc1. The fraction of sp³-hybridized carbons (Fsp3) is 0.0952. The molecule has 3 aromatic rings. The molecule has 0 unspecified atom stereocenters. The second-order valence-corrected chi connectivity index (χ2v) is 9.14. The first-order valence-electron chi connectivity index (χ1n) is 9.12. The highest BCUT2D eigenvalue weighted by molar-refractivity contribution is 7.92. The number of nitrogens with one attached hydrogen (secondary N) is 2. The number of halogens is 5. The normalized spacial score (nSPS) is 11.7. The van der Waals surface area contributed by atoms with E-state index < -0.39 is 34.3 Å². The fourth-order valence-electron chi connectivity index (χ4n) is 2.58. The van der Waals surface area contributed by atoms with Gasteiger partial charge in [0.25, 0.3) is 15.9 Å². The number of carbonyl (C=O) groups is 1. The summed E-state index contributed by atoms with van der Waals surface area (Å²) >= 11 is 11.9. The van der Waals surface area contributed by atoms with Crippen molar-refractivity contribution in [3.8, 4) is 5.75 Å². The highest BCUT2D eigenvalue weighted by Crippen LogP contribution is 2.30. The van der Waals surface area contributed by atoms with Crippen LogP contribution in [0.15, 0.2) is 71.6 Å². The molecular weight excluding hydrogens is 504 g/mol.